The Morgan fingerprint density at radius 3 is 2.73 bits per heavy atom. The molecule has 0 saturated carbocycles. The van der Waals surface area contributed by atoms with Crippen molar-refractivity contribution in [1.29, 1.82) is 0 Å². The molecule has 0 N–H and O–H groups in total. The van der Waals surface area contributed by atoms with Gasteiger partial charge in [-0.3, -0.25) is 9.36 Å². The molecule has 0 spiro atoms. The monoisotopic (exact) mass is 436 g/mol. The highest BCUT2D eigenvalue weighted by molar-refractivity contribution is 6.31. The van der Waals surface area contributed by atoms with Crippen LogP contribution < -0.4 is 5.69 Å². The van der Waals surface area contributed by atoms with Crippen molar-refractivity contribution >= 4 is 17.5 Å². The van der Waals surface area contributed by atoms with Crippen molar-refractivity contribution in [3.63, 3.8) is 0 Å². The summed E-state index contributed by atoms with van der Waals surface area (Å²) in [4.78, 5) is 28.0. The van der Waals surface area contributed by atoms with Gasteiger partial charge in [0.1, 0.15) is 11.6 Å². The lowest BCUT2D eigenvalue weighted by molar-refractivity contribution is -0.135. The Hall–Kier alpha value is -2.19. The van der Waals surface area contributed by atoms with E-state index in [9.17, 15) is 14.0 Å². The van der Waals surface area contributed by atoms with Crippen molar-refractivity contribution in [3.05, 3.63) is 50.9 Å². The first-order valence-corrected chi connectivity index (χ1v) is 10.7. The third kappa shape index (κ3) is 4.16. The minimum atomic E-state index is -0.430. The molecule has 2 aromatic rings. The number of benzene rings is 1. The van der Waals surface area contributed by atoms with Gasteiger partial charge in [-0.1, -0.05) is 17.7 Å². The Morgan fingerprint density at radius 1 is 1.27 bits per heavy atom. The van der Waals surface area contributed by atoms with Gasteiger partial charge in [0.25, 0.3) is 0 Å². The van der Waals surface area contributed by atoms with Crippen LogP contribution in [0.3, 0.4) is 0 Å². The molecular weight excluding hydrogens is 411 g/mol. The number of piperidine rings is 1. The number of fused-ring (bicyclic) bond motifs is 1. The van der Waals surface area contributed by atoms with Crippen molar-refractivity contribution < 1.29 is 13.9 Å². The minimum absolute atomic E-state index is 0.0452. The fourth-order valence-electron chi connectivity index (χ4n) is 4.43. The predicted octanol–water partition coefficient (Wildman–Crippen LogP) is 2.65. The van der Waals surface area contributed by atoms with Crippen molar-refractivity contribution in [2.24, 2.45) is 5.92 Å². The molecule has 1 fully saturated rings. The smallest absolute Gasteiger partial charge is 0.346 e. The van der Waals surface area contributed by atoms with Crippen LogP contribution >= 0.6 is 11.6 Å². The molecule has 30 heavy (non-hydrogen) atoms. The minimum Gasteiger partial charge on any atom is -0.384 e. The first kappa shape index (κ1) is 21.1. The quantitative estimate of drug-likeness (QED) is 0.722. The SMILES string of the molecule is COCC1CCN(C(=O)C2CCCn3c2nn(Cc2ccc(F)cc2Cl)c3=O)CC1. The maximum absolute atomic E-state index is 13.3. The van der Waals surface area contributed by atoms with E-state index >= 15 is 0 Å². The molecule has 1 amide bonds. The number of hydrogen-bond acceptors (Lipinski definition) is 4. The predicted molar refractivity (Wildman–Crippen MR) is 110 cm³/mol. The lowest BCUT2D eigenvalue weighted by Gasteiger charge is -2.34. The maximum atomic E-state index is 13.3. The average Bonchev–Trinajstić information content (AvgIpc) is 3.06. The van der Waals surface area contributed by atoms with Crippen molar-refractivity contribution in [3.8, 4) is 0 Å². The normalized spacial score (nSPS) is 19.7. The summed E-state index contributed by atoms with van der Waals surface area (Å²) in [5.41, 5.74) is 0.348. The Labute approximate surface area is 179 Å². The molecule has 1 saturated heterocycles. The number of rotatable bonds is 5. The lowest BCUT2D eigenvalue weighted by atomic mass is 9.93. The summed E-state index contributed by atoms with van der Waals surface area (Å²) < 4.78 is 21.5. The van der Waals surface area contributed by atoms with Crippen molar-refractivity contribution in [2.45, 2.75) is 44.7 Å². The Morgan fingerprint density at radius 2 is 2.03 bits per heavy atom. The zero-order chi connectivity index (χ0) is 21.3. The van der Waals surface area contributed by atoms with Gasteiger partial charge in [0.2, 0.25) is 5.91 Å². The number of ether oxygens (including phenoxy) is 1. The second kappa shape index (κ2) is 8.89. The van der Waals surface area contributed by atoms with Crippen LogP contribution in [0.15, 0.2) is 23.0 Å². The van der Waals surface area contributed by atoms with E-state index in [1.165, 1.54) is 16.8 Å². The van der Waals surface area contributed by atoms with Gasteiger partial charge in [0, 0.05) is 38.4 Å². The first-order valence-electron chi connectivity index (χ1n) is 10.4. The molecule has 1 aromatic carbocycles. The fraction of sp³-hybridized carbons (Fsp3) is 0.571. The zero-order valence-corrected chi connectivity index (χ0v) is 17.8. The van der Waals surface area contributed by atoms with Crippen LogP contribution in [-0.2, 0) is 22.6 Å². The van der Waals surface area contributed by atoms with Gasteiger partial charge in [-0.25, -0.2) is 13.9 Å². The summed E-state index contributed by atoms with van der Waals surface area (Å²) in [6.07, 6.45) is 3.30. The molecule has 0 aliphatic carbocycles. The molecule has 1 atom stereocenters. The van der Waals surface area contributed by atoms with E-state index in [4.69, 9.17) is 16.3 Å². The third-order valence-corrected chi connectivity index (χ3v) is 6.45. The van der Waals surface area contributed by atoms with Crippen LogP contribution in [0.1, 0.15) is 43.0 Å². The highest BCUT2D eigenvalue weighted by Gasteiger charge is 2.35. The van der Waals surface area contributed by atoms with Crippen LogP contribution in [0.4, 0.5) is 4.39 Å². The summed E-state index contributed by atoms with van der Waals surface area (Å²) in [6.45, 7) is 2.83. The second-order valence-electron chi connectivity index (χ2n) is 8.10. The topological polar surface area (TPSA) is 69.4 Å². The van der Waals surface area contributed by atoms with Crippen LogP contribution in [-0.4, -0.2) is 52.0 Å². The highest BCUT2D eigenvalue weighted by Crippen LogP contribution is 2.29. The molecule has 4 rings (SSSR count). The van der Waals surface area contributed by atoms with Gasteiger partial charge < -0.3 is 9.64 Å². The molecular formula is C21H26ClFN4O3. The molecule has 7 nitrogen and oxygen atoms in total. The summed E-state index contributed by atoms with van der Waals surface area (Å²) in [6, 6.07) is 4.08. The Bertz CT molecular complexity index is 981. The van der Waals surface area contributed by atoms with Crippen LogP contribution in [0.2, 0.25) is 5.02 Å². The maximum Gasteiger partial charge on any atom is 0.346 e. The van der Waals surface area contributed by atoms with E-state index in [1.54, 1.807) is 17.7 Å². The van der Waals surface area contributed by atoms with Gasteiger partial charge in [0.15, 0.2) is 0 Å². The number of aromatic nitrogens is 3. The number of halogens is 2. The molecule has 2 aliphatic rings. The van der Waals surface area contributed by atoms with Crippen LogP contribution in [0.5, 0.6) is 0 Å². The molecule has 0 radical (unpaired) electrons. The largest absolute Gasteiger partial charge is 0.384 e. The molecule has 1 aromatic heterocycles. The van der Waals surface area contributed by atoms with Crippen molar-refractivity contribution in [1.82, 2.24) is 19.2 Å². The molecule has 162 valence electrons. The van der Waals surface area contributed by atoms with Gasteiger partial charge >= 0.3 is 5.69 Å². The summed E-state index contributed by atoms with van der Waals surface area (Å²) in [5, 5.41) is 4.75. The van der Waals surface area contributed by atoms with E-state index in [-0.39, 0.29) is 23.2 Å². The molecule has 0 bridgehead atoms. The Kier molecular flexibility index (Phi) is 6.24. The van der Waals surface area contributed by atoms with Gasteiger partial charge in [-0.2, -0.15) is 5.10 Å². The molecule has 9 heteroatoms. The lowest BCUT2D eigenvalue weighted by Crippen LogP contribution is -2.43. The highest BCUT2D eigenvalue weighted by atomic mass is 35.5. The number of likely N-dealkylation sites (tertiary alicyclic amines) is 1. The van der Waals surface area contributed by atoms with E-state index in [0.717, 1.165) is 25.9 Å². The third-order valence-electron chi connectivity index (χ3n) is 6.10. The standard InChI is InChI=1S/C21H26ClFN4O3/c1-30-13-14-6-9-25(10-7-14)20(28)17-3-2-8-26-19(17)24-27(21(26)29)12-15-4-5-16(23)11-18(15)22/h4-5,11,14,17H,2-3,6-10,12-13H2,1H3. The second-order valence-corrected chi connectivity index (χ2v) is 8.51. The number of carbonyl (C=O) groups excluding carboxylic acids is 1. The summed E-state index contributed by atoms with van der Waals surface area (Å²) in [5.74, 6) is 0.219. The number of methoxy groups -OCH3 is 1. The van der Waals surface area contributed by atoms with Crippen LogP contribution in [0.25, 0.3) is 0 Å². The molecule has 1 unspecified atom stereocenters. The van der Waals surface area contributed by atoms with Gasteiger partial charge in [-0.15, -0.1) is 0 Å². The number of nitrogens with zero attached hydrogens (tertiary/aromatic N) is 4. The van der Waals surface area contributed by atoms with Gasteiger partial charge in [-0.05, 0) is 49.3 Å². The number of amides is 1. The average molecular weight is 437 g/mol. The zero-order valence-electron chi connectivity index (χ0n) is 17.0. The van der Waals surface area contributed by atoms with Crippen molar-refractivity contribution in [2.75, 3.05) is 26.8 Å². The van der Waals surface area contributed by atoms with Gasteiger partial charge in [0.05, 0.1) is 12.5 Å². The molecule has 3 heterocycles. The summed E-state index contributed by atoms with van der Waals surface area (Å²) in [7, 11) is 1.70. The number of carbonyl (C=O) groups is 1. The Balaban J connectivity index is 1.53. The van der Waals surface area contributed by atoms with E-state index in [1.807, 2.05) is 4.90 Å². The van der Waals surface area contributed by atoms with E-state index < -0.39 is 11.7 Å². The van der Waals surface area contributed by atoms with E-state index in [0.29, 0.717) is 43.4 Å². The molecule has 2 aliphatic heterocycles. The first-order chi connectivity index (χ1) is 14.5. The summed E-state index contributed by atoms with van der Waals surface area (Å²) >= 11 is 6.11. The number of hydrogen-bond donors (Lipinski definition) is 0. The van der Waals surface area contributed by atoms with Crippen LogP contribution in [0, 0.1) is 11.7 Å². The fourth-order valence-corrected chi connectivity index (χ4v) is 4.66. The van der Waals surface area contributed by atoms with E-state index in [2.05, 4.69) is 5.10 Å².